The third kappa shape index (κ3) is 7.81. The Morgan fingerprint density at radius 2 is 1.04 bits per heavy atom. The van der Waals surface area contributed by atoms with Crippen LogP contribution in [0.1, 0.15) is 31.4 Å². The molecule has 2 rings (SSSR count). The second-order valence-electron chi connectivity index (χ2n) is 4.47. The molecule has 0 radical (unpaired) electrons. The number of hydrogen-bond donors (Lipinski definition) is 0. The summed E-state index contributed by atoms with van der Waals surface area (Å²) in [6.07, 6.45) is -0.375. The Morgan fingerprint density at radius 1 is 0.696 bits per heavy atom. The summed E-state index contributed by atoms with van der Waals surface area (Å²) in [5.74, 6) is -1.17. The molecule has 0 heterocycles. The third-order valence-electron chi connectivity index (χ3n) is 2.77. The maximum Gasteiger partial charge on any atom is 0.317 e. The van der Waals surface area contributed by atoms with Crippen LogP contribution >= 0.6 is 0 Å². The van der Waals surface area contributed by atoms with E-state index in [4.69, 9.17) is 9.47 Å². The standard InChI is InChI=1S/C17H16O4.C2H6/c18-16(20-12-14-7-3-1-4-8-14)11-17(19)21-13-15-9-5-2-6-10-15;1-2/h1-10H,11-13H2;1-2H3. The van der Waals surface area contributed by atoms with Gasteiger partial charge in [0.15, 0.2) is 0 Å². The number of carbonyl (C=O) groups excluding carboxylic acids is 2. The first-order valence-corrected chi connectivity index (χ1v) is 7.63. The molecule has 0 aliphatic rings. The Balaban J connectivity index is 0.00000127. The van der Waals surface area contributed by atoms with Crippen LogP contribution in [0.3, 0.4) is 0 Å². The van der Waals surface area contributed by atoms with Gasteiger partial charge < -0.3 is 9.47 Å². The molecule has 2 aromatic carbocycles. The average Bonchev–Trinajstić information content (AvgIpc) is 2.62. The van der Waals surface area contributed by atoms with Crippen LogP contribution < -0.4 is 0 Å². The summed E-state index contributed by atoms with van der Waals surface area (Å²) in [5.41, 5.74) is 1.76. The largest absolute Gasteiger partial charge is 0.460 e. The molecule has 2 aromatic rings. The van der Waals surface area contributed by atoms with Crippen molar-refractivity contribution >= 4 is 11.9 Å². The van der Waals surface area contributed by atoms with Crippen LogP contribution in [0.4, 0.5) is 0 Å². The average molecular weight is 314 g/mol. The highest BCUT2D eigenvalue weighted by atomic mass is 16.6. The molecule has 0 amide bonds. The van der Waals surface area contributed by atoms with Gasteiger partial charge in [-0.15, -0.1) is 0 Å². The van der Waals surface area contributed by atoms with E-state index in [0.29, 0.717) is 0 Å². The Bertz CT molecular complexity index is 525. The first-order chi connectivity index (χ1) is 11.2. The number of carbonyl (C=O) groups is 2. The summed E-state index contributed by atoms with van der Waals surface area (Å²) >= 11 is 0. The van der Waals surface area contributed by atoms with Crippen molar-refractivity contribution < 1.29 is 19.1 Å². The van der Waals surface area contributed by atoms with Crippen molar-refractivity contribution in [1.29, 1.82) is 0 Å². The summed E-state index contributed by atoms with van der Waals surface area (Å²) in [6, 6.07) is 18.6. The van der Waals surface area contributed by atoms with Gasteiger partial charge in [-0.1, -0.05) is 74.5 Å². The van der Waals surface area contributed by atoms with Gasteiger partial charge in [-0.25, -0.2) is 0 Å². The number of ether oxygens (including phenoxy) is 2. The molecular formula is C19H22O4. The number of hydrogen-bond acceptors (Lipinski definition) is 4. The highest BCUT2D eigenvalue weighted by Crippen LogP contribution is 2.04. The van der Waals surface area contributed by atoms with E-state index < -0.39 is 11.9 Å². The van der Waals surface area contributed by atoms with Crippen molar-refractivity contribution in [2.24, 2.45) is 0 Å². The van der Waals surface area contributed by atoms with Crippen LogP contribution in [0.15, 0.2) is 60.7 Å². The van der Waals surface area contributed by atoms with Crippen LogP contribution in [-0.4, -0.2) is 11.9 Å². The van der Waals surface area contributed by atoms with Gasteiger partial charge in [-0.05, 0) is 11.1 Å². The van der Waals surface area contributed by atoms with Gasteiger partial charge in [0.1, 0.15) is 19.6 Å². The summed E-state index contributed by atoms with van der Waals surface area (Å²) in [4.78, 5) is 23.0. The van der Waals surface area contributed by atoms with Gasteiger partial charge in [0.2, 0.25) is 0 Å². The molecule has 0 bridgehead atoms. The fraction of sp³-hybridized carbons (Fsp3) is 0.263. The molecule has 0 aliphatic carbocycles. The Kier molecular flexibility index (Phi) is 8.83. The van der Waals surface area contributed by atoms with E-state index in [9.17, 15) is 9.59 Å². The summed E-state index contributed by atoms with van der Waals surface area (Å²) in [7, 11) is 0. The minimum absolute atomic E-state index is 0.158. The summed E-state index contributed by atoms with van der Waals surface area (Å²) < 4.78 is 10.0. The van der Waals surface area contributed by atoms with Crippen LogP contribution in [0.25, 0.3) is 0 Å². The number of rotatable bonds is 6. The smallest absolute Gasteiger partial charge is 0.317 e. The summed E-state index contributed by atoms with van der Waals surface area (Å²) in [6.45, 7) is 4.32. The fourth-order valence-electron chi connectivity index (χ4n) is 1.70. The predicted molar refractivity (Wildman–Crippen MR) is 88.4 cm³/mol. The molecule has 0 spiro atoms. The maximum atomic E-state index is 11.5. The lowest BCUT2D eigenvalue weighted by atomic mass is 10.2. The molecule has 0 fully saturated rings. The number of esters is 2. The molecule has 4 nitrogen and oxygen atoms in total. The lowest BCUT2D eigenvalue weighted by Gasteiger charge is -2.06. The highest BCUT2D eigenvalue weighted by molar-refractivity contribution is 5.91. The molecule has 0 saturated heterocycles. The van der Waals surface area contributed by atoms with E-state index in [2.05, 4.69) is 0 Å². The lowest BCUT2D eigenvalue weighted by molar-refractivity contribution is -0.156. The maximum absolute atomic E-state index is 11.5. The topological polar surface area (TPSA) is 52.6 Å². The molecule has 23 heavy (non-hydrogen) atoms. The first kappa shape index (κ1) is 18.4. The lowest BCUT2D eigenvalue weighted by Crippen LogP contribution is -2.13. The van der Waals surface area contributed by atoms with Gasteiger partial charge in [0.25, 0.3) is 0 Å². The van der Waals surface area contributed by atoms with Crippen molar-refractivity contribution in [3.63, 3.8) is 0 Å². The molecular weight excluding hydrogens is 292 g/mol. The molecule has 0 unspecified atom stereocenters. The van der Waals surface area contributed by atoms with Gasteiger partial charge in [-0.2, -0.15) is 0 Å². The van der Waals surface area contributed by atoms with Gasteiger partial charge in [-0.3, -0.25) is 9.59 Å². The number of benzene rings is 2. The molecule has 4 heteroatoms. The molecule has 0 atom stereocenters. The second-order valence-corrected chi connectivity index (χ2v) is 4.47. The van der Waals surface area contributed by atoms with Crippen molar-refractivity contribution in [3.8, 4) is 0 Å². The van der Waals surface area contributed by atoms with E-state index in [1.807, 2.05) is 74.5 Å². The molecule has 0 N–H and O–H groups in total. The normalized spacial score (nSPS) is 9.30. The fourth-order valence-corrected chi connectivity index (χ4v) is 1.70. The Hall–Kier alpha value is -2.62. The van der Waals surface area contributed by atoms with Crippen molar-refractivity contribution in [2.45, 2.75) is 33.5 Å². The van der Waals surface area contributed by atoms with E-state index >= 15 is 0 Å². The van der Waals surface area contributed by atoms with E-state index in [1.54, 1.807) is 0 Å². The van der Waals surface area contributed by atoms with Gasteiger partial charge >= 0.3 is 11.9 Å². The molecule has 0 aliphatic heterocycles. The third-order valence-corrected chi connectivity index (χ3v) is 2.77. The van der Waals surface area contributed by atoms with Crippen molar-refractivity contribution in [1.82, 2.24) is 0 Å². The minimum Gasteiger partial charge on any atom is -0.460 e. The van der Waals surface area contributed by atoms with Crippen LogP contribution in [-0.2, 0) is 32.3 Å². The van der Waals surface area contributed by atoms with Gasteiger partial charge in [0, 0.05) is 0 Å². The minimum atomic E-state index is -0.586. The van der Waals surface area contributed by atoms with Crippen LogP contribution in [0.5, 0.6) is 0 Å². The van der Waals surface area contributed by atoms with E-state index in [1.165, 1.54) is 0 Å². The molecule has 122 valence electrons. The van der Waals surface area contributed by atoms with Crippen molar-refractivity contribution in [3.05, 3.63) is 71.8 Å². The quantitative estimate of drug-likeness (QED) is 0.599. The second kappa shape index (κ2) is 11.0. The zero-order valence-electron chi connectivity index (χ0n) is 13.5. The van der Waals surface area contributed by atoms with Crippen LogP contribution in [0.2, 0.25) is 0 Å². The van der Waals surface area contributed by atoms with E-state index in [0.717, 1.165) is 11.1 Å². The van der Waals surface area contributed by atoms with Gasteiger partial charge in [0.05, 0.1) is 0 Å². The van der Waals surface area contributed by atoms with Crippen LogP contribution in [0, 0.1) is 0 Å². The zero-order valence-corrected chi connectivity index (χ0v) is 13.5. The monoisotopic (exact) mass is 314 g/mol. The van der Waals surface area contributed by atoms with E-state index in [-0.39, 0.29) is 19.6 Å². The summed E-state index contributed by atoms with van der Waals surface area (Å²) in [5, 5.41) is 0. The molecule has 0 saturated carbocycles. The predicted octanol–water partition coefficient (Wildman–Crippen LogP) is 3.89. The Morgan fingerprint density at radius 3 is 1.39 bits per heavy atom. The zero-order chi connectivity index (χ0) is 16.9. The molecule has 0 aromatic heterocycles. The van der Waals surface area contributed by atoms with Crippen molar-refractivity contribution in [2.75, 3.05) is 0 Å². The Labute approximate surface area is 137 Å². The highest BCUT2D eigenvalue weighted by Gasteiger charge is 2.12. The SMILES string of the molecule is CC.O=C(CC(=O)OCc1ccccc1)OCc1ccccc1. The first-order valence-electron chi connectivity index (χ1n) is 7.63.